The number of halogens is 1. The lowest BCUT2D eigenvalue weighted by atomic mass is 10.2. The van der Waals surface area contributed by atoms with E-state index in [0.29, 0.717) is 10.7 Å². The molecule has 0 aliphatic heterocycles. The van der Waals surface area contributed by atoms with Gasteiger partial charge in [0.05, 0.1) is 12.3 Å². The van der Waals surface area contributed by atoms with E-state index in [2.05, 4.69) is 0 Å². The van der Waals surface area contributed by atoms with Gasteiger partial charge in [-0.15, -0.1) is 11.3 Å². The number of carbonyl (C=O) groups excluding carboxylic acids is 1. The standard InChI is InChI=1S/C15H16ClNO4S2/c1-3-21-14(18)10-17(12-7-6-11(2)13(16)9-12)23(19,20)15-5-4-8-22-15/h4-9H,3,10H2,1-2H3. The topological polar surface area (TPSA) is 63.7 Å². The average molecular weight is 374 g/mol. The molecule has 5 nitrogen and oxygen atoms in total. The van der Waals surface area contributed by atoms with Gasteiger partial charge in [-0.2, -0.15) is 0 Å². The Labute approximate surface area is 144 Å². The number of anilines is 1. The molecule has 0 saturated carbocycles. The highest BCUT2D eigenvalue weighted by Crippen LogP contribution is 2.29. The fourth-order valence-corrected chi connectivity index (χ4v) is 4.58. The van der Waals surface area contributed by atoms with E-state index in [4.69, 9.17) is 16.3 Å². The van der Waals surface area contributed by atoms with Gasteiger partial charge in [-0.05, 0) is 43.0 Å². The maximum absolute atomic E-state index is 12.8. The average Bonchev–Trinajstić information content (AvgIpc) is 3.03. The summed E-state index contributed by atoms with van der Waals surface area (Å²) in [7, 11) is -3.86. The number of ether oxygens (including phenoxy) is 1. The van der Waals surface area contributed by atoms with Gasteiger partial charge in [0, 0.05) is 5.02 Å². The maximum atomic E-state index is 12.8. The summed E-state index contributed by atoms with van der Waals surface area (Å²) < 4.78 is 31.7. The molecular weight excluding hydrogens is 358 g/mol. The zero-order valence-corrected chi connectivity index (χ0v) is 15.0. The number of esters is 1. The van der Waals surface area contributed by atoms with E-state index in [1.165, 1.54) is 12.1 Å². The van der Waals surface area contributed by atoms with E-state index in [0.717, 1.165) is 21.2 Å². The molecule has 23 heavy (non-hydrogen) atoms. The number of nitrogens with zero attached hydrogens (tertiary/aromatic N) is 1. The number of hydrogen-bond acceptors (Lipinski definition) is 5. The SMILES string of the molecule is CCOC(=O)CN(c1ccc(C)c(Cl)c1)S(=O)(=O)c1cccs1. The van der Waals surface area contributed by atoms with E-state index in [1.807, 2.05) is 6.92 Å². The number of thiophene rings is 1. The molecule has 0 spiro atoms. The number of carbonyl (C=O) groups is 1. The minimum atomic E-state index is -3.86. The minimum absolute atomic E-state index is 0.151. The van der Waals surface area contributed by atoms with E-state index >= 15 is 0 Å². The molecule has 1 aromatic heterocycles. The van der Waals surface area contributed by atoms with Crippen LogP contribution in [0.1, 0.15) is 12.5 Å². The summed E-state index contributed by atoms with van der Waals surface area (Å²) >= 11 is 7.18. The zero-order valence-electron chi connectivity index (χ0n) is 12.7. The van der Waals surface area contributed by atoms with Gasteiger partial charge in [-0.25, -0.2) is 8.42 Å². The fraction of sp³-hybridized carbons (Fsp3) is 0.267. The van der Waals surface area contributed by atoms with Crippen molar-refractivity contribution in [2.24, 2.45) is 0 Å². The van der Waals surface area contributed by atoms with Crippen LogP contribution in [0.2, 0.25) is 5.02 Å². The summed E-state index contributed by atoms with van der Waals surface area (Å²) in [5.41, 5.74) is 1.14. The highest BCUT2D eigenvalue weighted by atomic mass is 35.5. The second kappa shape index (κ2) is 7.33. The quantitative estimate of drug-likeness (QED) is 0.727. The van der Waals surface area contributed by atoms with E-state index in [-0.39, 0.29) is 10.8 Å². The van der Waals surface area contributed by atoms with Crippen LogP contribution in [0.25, 0.3) is 0 Å². The Balaban J connectivity index is 2.47. The number of sulfonamides is 1. The van der Waals surface area contributed by atoms with Crippen molar-refractivity contribution < 1.29 is 17.9 Å². The third-order valence-electron chi connectivity index (χ3n) is 3.06. The van der Waals surface area contributed by atoms with Gasteiger partial charge in [-0.3, -0.25) is 9.10 Å². The number of hydrogen-bond donors (Lipinski definition) is 0. The molecular formula is C15H16ClNO4S2. The predicted octanol–water partition coefficient (Wildman–Crippen LogP) is 3.47. The van der Waals surface area contributed by atoms with Crippen LogP contribution in [0.3, 0.4) is 0 Å². The van der Waals surface area contributed by atoms with Crippen molar-refractivity contribution in [3.63, 3.8) is 0 Å². The molecule has 0 saturated heterocycles. The monoisotopic (exact) mass is 373 g/mol. The van der Waals surface area contributed by atoms with E-state index < -0.39 is 22.5 Å². The second-order valence-corrected chi connectivity index (χ2v) is 8.13. The number of rotatable bonds is 6. The lowest BCUT2D eigenvalue weighted by Crippen LogP contribution is -2.36. The van der Waals surface area contributed by atoms with Crippen molar-refractivity contribution in [2.75, 3.05) is 17.5 Å². The molecule has 0 aliphatic carbocycles. The Morgan fingerprint density at radius 3 is 2.65 bits per heavy atom. The van der Waals surface area contributed by atoms with Crippen LogP contribution < -0.4 is 4.31 Å². The lowest BCUT2D eigenvalue weighted by Gasteiger charge is -2.23. The largest absolute Gasteiger partial charge is 0.465 e. The number of aryl methyl sites for hydroxylation is 1. The van der Waals surface area contributed by atoms with Gasteiger partial charge in [0.1, 0.15) is 10.8 Å². The molecule has 1 heterocycles. The van der Waals surface area contributed by atoms with Crippen molar-refractivity contribution in [3.8, 4) is 0 Å². The maximum Gasteiger partial charge on any atom is 0.326 e. The molecule has 8 heteroatoms. The van der Waals surface area contributed by atoms with Crippen LogP contribution in [0.15, 0.2) is 39.9 Å². The van der Waals surface area contributed by atoms with Gasteiger partial charge in [-0.1, -0.05) is 23.7 Å². The third-order valence-corrected chi connectivity index (χ3v) is 6.61. The van der Waals surface area contributed by atoms with Crippen LogP contribution in [0.4, 0.5) is 5.69 Å². The summed E-state index contributed by atoms with van der Waals surface area (Å²) in [6, 6.07) is 7.99. The van der Waals surface area contributed by atoms with Crippen LogP contribution in [0.5, 0.6) is 0 Å². The van der Waals surface area contributed by atoms with Crippen molar-refractivity contribution in [2.45, 2.75) is 18.1 Å². The highest BCUT2D eigenvalue weighted by Gasteiger charge is 2.28. The van der Waals surface area contributed by atoms with Gasteiger partial charge in [0.15, 0.2) is 0 Å². The molecule has 0 aliphatic rings. The van der Waals surface area contributed by atoms with Crippen molar-refractivity contribution in [1.82, 2.24) is 0 Å². The molecule has 0 bridgehead atoms. The Kier molecular flexibility index (Phi) is 5.67. The summed E-state index contributed by atoms with van der Waals surface area (Å²) in [6.07, 6.45) is 0. The highest BCUT2D eigenvalue weighted by molar-refractivity contribution is 7.94. The normalized spacial score (nSPS) is 11.3. The molecule has 0 unspecified atom stereocenters. The lowest BCUT2D eigenvalue weighted by molar-refractivity contribution is -0.141. The van der Waals surface area contributed by atoms with Crippen molar-refractivity contribution in [1.29, 1.82) is 0 Å². The number of benzene rings is 1. The van der Waals surface area contributed by atoms with Crippen molar-refractivity contribution >= 4 is 44.6 Å². The molecule has 0 atom stereocenters. The zero-order chi connectivity index (χ0) is 17.0. The molecule has 2 rings (SSSR count). The second-order valence-electron chi connectivity index (χ2n) is 4.68. The molecule has 0 N–H and O–H groups in total. The van der Waals surface area contributed by atoms with Crippen LogP contribution in [-0.4, -0.2) is 27.5 Å². The van der Waals surface area contributed by atoms with Gasteiger partial charge >= 0.3 is 5.97 Å². The Bertz CT molecular complexity index is 788. The van der Waals surface area contributed by atoms with Gasteiger partial charge in [0.2, 0.25) is 0 Å². The Hall–Kier alpha value is -1.57. The molecule has 0 fully saturated rings. The van der Waals surface area contributed by atoms with Crippen molar-refractivity contribution in [3.05, 3.63) is 46.3 Å². The summed E-state index contributed by atoms with van der Waals surface area (Å²) in [4.78, 5) is 11.8. The summed E-state index contributed by atoms with van der Waals surface area (Å²) in [5, 5.41) is 2.09. The van der Waals surface area contributed by atoms with Crippen LogP contribution in [-0.2, 0) is 19.6 Å². The van der Waals surface area contributed by atoms with Gasteiger partial charge < -0.3 is 4.74 Å². The first-order chi connectivity index (χ1) is 10.9. The first-order valence-electron chi connectivity index (χ1n) is 6.84. The first kappa shape index (κ1) is 17.8. The minimum Gasteiger partial charge on any atom is -0.465 e. The smallest absolute Gasteiger partial charge is 0.326 e. The summed E-state index contributed by atoms with van der Waals surface area (Å²) in [5.74, 6) is -0.621. The predicted molar refractivity (Wildman–Crippen MR) is 91.7 cm³/mol. The first-order valence-corrected chi connectivity index (χ1v) is 9.54. The third kappa shape index (κ3) is 4.04. The van der Waals surface area contributed by atoms with Gasteiger partial charge in [0.25, 0.3) is 10.0 Å². The van der Waals surface area contributed by atoms with Crippen LogP contribution >= 0.6 is 22.9 Å². The molecule has 1 aromatic carbocycles. The fourth-order valence-electron chi connectivity index (χ4n) is 1.89. The van der Waals surface area contributed by atoms with Crippen LogP contribution in [0, 0.1) is 6.92 Å². The van der Waals surface area contributed by atoms with E-state index in [1.54, 1.807) is 30.5 Å². The molecule has 0 radical (unpaired) electrons. The Morgan fingerprint density at radius 1 is 1.35 bits per heavy atom. The molecule has 0 amide bonds. The van der Waals surface area contributed by atoms with E-state index in [9.17, 15) is 13.2 Å². The molecule has 2 aromatic rings. The summed E-state index contributed by atoms with van der Waals surface area (Å²) in [6.45, 7) is 3.25. The molecule has 124 valence electrons. The Morgan fingerprint density at radius 2 is 2.09 bits per heavy atom.